The first kappa shape index (κ1) is 15.1. The number of hydrogen-bond donors (Lipinski definition) is 1. The van der Waals surface area contributed by atoms with Gasteiger partial charge in [0.1, 0.15) is 5.54 Å². The molecule has 126 valence electrons. The molecule has 1 aromatic rings. The summed E-state index contributed by atoms with van der Waals surface area (Å²) in [5.74, 6) is 0.241. The summed E-state index contributed by atoms with van der Waals surface area (Å²) in [4.78, 5) is 18.0. The van der Waals surface area contributed by atoms with Gasteiger partial charge in [-0.1, -0.05) is 0 Å². The number of piperidine rings is 1. The van der Waals surface area contributed by atoms with Crippen LogP contribution >= 0.6 is 0 Å². The highest BCUT2D eigenvalue weighted by Gasteiger charge is 2.46. The normalized spacial score (nSPS) is 28.0. The van der Waals surface area contributed by atoms with E-state index in [9.17, 15) is 4.79 Å². The van der Waals surface area contributed by atoms with E-state index in [0.29, 0.717) is 6.04 Å². The van der Waals surface area contributed by atoms with Crippen LogP contribution in [0.25, 0.3) is 0 Å². The molecule has 1 aliphatic carbocycles. The third-order valence-corrected chi connectivity index (χ3v) is 5.90. The lowest BCUT2D eigenvalue weighted by molar-refractivity contribution is -0.143. The Morgan fingerprint density at radius 2 is 2.09 bits per heavy atom. The van der Waals surface area contributed by atoms with E-state index in [1.54, 1.807) is 6.20 Å². The van der Waals surface area contributed by atoms with Gasteiger partial charge in [0, 0.05) is 44.6 Å². The zero-order valence-corrected chi connectivity index (χ0v) is 13.9. The second-order valence-corrected chi connectivity index (χ2v) is 7.32. The largest absolute Gasteiger partial charge is 0.339 e. The van der Waals surface area contributed by atoms with Crippen molar-refractivity contribution in [2.45, 2.75) is 49.7 Å². The summed E-state index contributed by atoms with van der Waals surface area (Å²) in [7, 11) is 2.00. The van der Waals surface area contributed by atoms with Crippen LogP contribution in [0.2, 0.25) is 0 Å². The van der Waals surface area contributed by atoms with Crippen molar-refractivity contribution in [1.29, 1.82) is 0 Å². The van der Waals surface area contributed by atoms with Crippen molar-refractivity contribution in [3.8, 4) is 0 Å². The minimum Gasteiger partial charge on any atom is -0.339 e. The number of carbonyl (C=O) groups excluding carboxylic acids is 1. The zero-order chi connectivity index (χ0) is 15.9. The fraction of sp³-hybridized carbons (Fsp3) is 0.765. The molecule has 0 spiro atoms. The molecule has 0 aromatic carbocycles. The molecule has 3 aliphatic rings. The van der Waals surface area contributed by atoms with Gasteiger partial charge in [0.2, 0.25) is 0 Å². The van der Waals surface area contributed by atoms with E-state index in [0.717, 1.165) is 51.5 Å². The van der Waals surface area contributed by atoms with Crippen LogP contribution in [-0.2, 0) is 10.3 Å². The van der Waals surface area contributed by atoms with Crippen molar-refractivity contribution in [1.82, 2.24) is 24.9 Å². The number of likely N-dealkylation sites (tertiary alicyclic amines) is 1. The SMILES string of the molecule is CN(C(=O)C1(n2cccn2)CCNCC1)C1CCN(C2CC2)C1. The molecule has 1 atom stereocenters. The van der Waals surface area contributed by atoms with Gasteiger partial charge in [0.05, 0.1) is 0 Å². The number of aromatic nitrogens is 2. The van der Waals surface area contributed by atoms with Gasteiger partial charge in [-0.15, -0.1) is 0 Å². The van der Waals surface area contributed by atoms with Crippen LogP contribution in [0.15, 0.2) is 18.5 Å². The Balaban J connectivity index is 1.53. The van der Waals surface area contributed by atoms with E-state index in [-0.39, 0.29) is 5.91 Å². The van der Waals surface area contributed by atoms with Gasteiger partial charge in [-0.25, -0.2) is 0 Å². The number of rotatable bonds is 4. The predicted molar refractivity (Wildman–Crippen MR) is 88.1 cm³/mol. The first-order valence-electron chi connectivity index (χ1n) is 8.93. The summed E-state index contributed by atoms with van der Waals surface area (Å²) in [6.07, 6.45) is 9.14. The maximum Gasteiger partial charge on any atom is 0.250 e. The summed E-state index contributed by atoms with van der Waals surface area (Å²) >= 11 is 0. The zero-order valence-electron chi connectivity index (χ0n) is 13.9. The number of carbonyl (C=O) groups is 1. The summed E-state index contributed by atoms with van der Waals surface area (Å²) in [6.45, 7) is 3.93. The lowest BCUT2D eigenvalue weighted by atomic mass is 9.86. The monoisotopic (exact) mass is 317 g/mol. The van der Waals surface area contributed by atoms with E-state index in [2.05, 4.69) is 15.3 Å². The fourth-order valence-electron chi connectivity index (χ4n) is 4.25. The number of nitrogens with one attached hydrogen (secondary N) is 1. The molecule has 1 N–H and O–H groups in total. The molecule has 1 aromatic heterocycles. The van der Waals surface area contributed by atoms with Crippen LogP contribution in [0.3, 0.4) is 0 Å². The molecule has 1 amide bonds. The second kappa shape index (κ2) is 5.91. The number of nitrogens with zero attached hydrogens (tertiary/aromatic N) is 4. The predicted octanol–water partition coefficient (Wildman–Crippen LogP) is 0.657. The van der Waals surface area contributed by atoms with Crippen LogP contribution in [0.5, 0.6) is 0 Å². The van der Waals surface area contributed by atoms with Crippen molar-refractivity contribution in [3.05, 3.63) is 18.5 Å². The molecular formula is C17H27N5O. The third-order valence-electron chi connectivity index (χ3n) is 5.90. The van der Waals surface area contributed by atoms with Crippen LogP contribution in [-0.4, -0.2) is 70.8 Å². The summed E-state index contributed by atoms with van der Waals surface area (Å²) < 4.78 is 1.90. The second-order valence-electron chi connectivity index (χ2n) is 7.32. The van der Waals surface area contributed by atoms with Crippen molar-refractivity contribution in [3.63, 3.8) is 0 Å². The maximum atomic E-state index is 13.4. The molecule has 0 radical (unpaired) electrons. The average molecular weight is 317 g/mol. The summed E-state index contributed by atoms with van der Waals surface area (Å²) in [5, 5.41) is 7.80. The topological polar surface area (TPSA) is 53.4 Å². The van der Waals surface area contributed by atoms with E-state index >= 15 is 0 Å². The van der Waals surface area contributed by atoms with E-state index in [4.69, 9.17) is 0 Å². The van der Waals surface area contributed by atoms with Crippen molar-refractivity contribution in [2.24, 2.45) is 0 Å². The molecule has 3 fully saturated rings. The number of likely N-dealkylation sites (N-methyl/N-ethyl adjacent to an activating group) is 1. The molecule has 2 saturated heterocycles. The Morgan fingerprint density at radius 1 is 1.30 bits per heavy atom. The van der Waals surface area contributed by atoms with E-state index < -0.39 is 5.54 Å². The Bertz CT molecular complexity index is 547. The highest BCUT2D eigenvalue weighted by molar-refractivity contribution is 5.84. The highest BCUT2D eigenvalue weighted by atomic mass is 16.2. The maximum absolute atomic E-state index is 13.4. The first-order valence-corrected chi connectivity index (χ1v) is 8.93. The summed E-state index contributed by atoms with van der Waals surface area (Å²) in [5.41, 5.74) is -0.503. The van der Waals surface area contributed by atoms with Crippen LogP contribution in [0, 0.1) is 0 Å². The first-order chi connectivity index (χ1) is 11.2. The molecule has 3 heterocycles. The van der Waals surface area contributed by atoms with Crippen LogP contribution in [0.1, 0.15) is 32.1 Å². The minimum atomic E-state index is -0.503. The van der Waals surface area contributed by atoms with Gasteiger partial charge in [-0.3, -0.25) is 14.4 Å². The minimum absolute atomic E-state index is 0.241. The Morgan fingerprint density at radius 3 is 2.74 bits per heavy atom. The Labute approximate surface area is 137 Å². The molecule has 1 saturated carbocycles. The molecule has 23 heavy (non-hydrogen) atoms. The Hall–Kier alpha value is -1.40. The van der Waals surface area contributed by atoms with Crippen molar-refractivity contribution in [2.75, 3.05) is 33.2 Å². The van der Waals surface area contributed by atoms with Gasteiger partial charge >= 0.3 is 0 Å². The van der Waals surface area contributed by atoms with Crippen LogP contribution < -0.4 is 5.32 Å². The van der Waals surface area contributed by atoms with Gasteiger partial charge in [0.15, 0.2) is 0 Å². The van der Waals surface area contributed by atoms with Gasteiger partial charge in [0.25, 0.3) is 5.91 Å². The molecule has 6 heteroatoms. The summed E-state index contributed by atoms with van der Waals surface area (Å²) in [6, 6.07) is 3.06. The van der Waals surface area contributed by atoms with E-state index in [1.165, 1.54) is 12.8 Å². The van der Waals surface area contributed by atoms with Gasteiger partial charge in [-0.2, -0.15) is 5.10 Å². The molecule has 0 bridgehead atoms. The molecule has 4 rings (SSSR count). The van der Waals surface area contributed by atoms with Gasteiger partial charge < -0.3 is 10.2 Å². The van der Waals surface area contributed by atoms with Crippen LogP contribution in [0.4, 0.5) is 0 Å². The molecule has 6 nitrogen and oxygen atoms in total. The van der Waals surface area contributed by atoms with E-state index in [1.807, 2.05) is 28.9 Å². The molecule has 2 aliphatic heterocycles. The van der Waals surface area contributed by atoms with Crippen molar-refractivity contribution >= 4 is 5.91 Å². The van der Waals surface area contributed by atoms with Gasteiger partial charge in [-0.05, 0) is 51.3 Å². The molecule has 1 unspecified atom stereocenters. The average Bonchev–Trinajstić information content (AvgIpc) is 3.10. The Kier molecular flexibility index (Phi) is 3.89. The number of hydrogen-bond acceptors (Lipinski definition) is 4. The quantitative estimate of drug-likeness (QED) is 0.886. The number of amides is 1. The highest BCUT2D eigenvalue weighted by Crippen LogP contribution is 2.33. The molecular weight excluding hydrogens is 290 g/mol. The van der Waals surface area contributed by atoms with Crippen molar-refractivity contribution < 1.29 is 4.79 Å². The standard InChI is InChI=1S/C17H27N5O/c1-20(15-5-12-21(13-15)14-3-4-14)16(23)17(6-9-18-10-7-17)22-11-2-8-19-22/h2,8,11,14-15,18H,3-7,9-10,12-13H2,1H3. The third kappa shape index (κ3) is 2.68. The smallest absolute Gasteiger partial charge is 0.250 e. The fourth-order valence-corrected chi connectivity index (χ4v) is 4.25. The lowest BCUT2D eigenvalue weighted by Gasteiger charge is -2.40. The lowest BCUT2D eigenvalue weighted by Crippen LogP contribution is -2.57.